The van der Waals surface area contributed by atoms with Gasteiger partial charge in [0.05, 0.1) is 0 Å². The number of halogens is 1. The Hall–Kier alpha value is 0.716. The summed E-state index contributed by atoms with van der Waals surface area (Å²) in [5, 5.41) is 0. The third-order valence-electron chi connectivity index (χ3n) is 2.14. The maximum absolute atomic E-state index is 4.10. The van der Waals surface area contributed by atoms with Crippen molar-refractivity contribution in [1.29, 1.82) is 0 Å². The molecule has 1 aromatic carbocycles. The Morgan fingerprint density at radius 3 is 1.86 bits per heavy atom. The second-order valence-corrected chi connectivity index (χ2v) is 3.93. The fourth-order valence-electron chi connectivity index (χ4n) is 1.19. The fourth-order valence-corrected chi connectivity index (χ4v) is 1.19. The van der Waals surface area contributed by atoms with Crippen LogP contribution >= 0.6 is 0 Å². The summed E-state index contributed by atoms with van der Waals surface area (Å²) in [4.78, 5) is 0. The van der Waals surface area contributed by atoms with E-state index in [1.165, 1.54) is 11.1 Å². The van der Waals surface area contributed by atoms with E-state index in [4.69, 9.17) is 0 Å². The van der Waals surface area contributed by atoms with E-state index in [1.54, 1.807) is 0 Å². The third kappa shape index (κ3) is 4.98. The van der Waals surface area contributed by atoms with Crippen LogP contribution in [0, 0.1) is 6.92 Å². The molecule has 0 aliphatic carbocycles. The van der Waals surface area contributed by atoms with E-state index in [9.17, 15) is 0 Å². The molecule has 1 aromatic rings. The quantitative estimate of drug-likeness (QED) is 0.409. The molecular weight excluding hydrogens is 295 g/mol. The summed E-state index contributed by atoms with van der Waals surface area (Å²) in [6.45, 7) is 10.5. The van der Waals surface area contributed by atoms with Crippen molar-refractivity contribution in [2.45, 2.75) is 32.6 Å². The molecule has 14 heavy (non-hydrogen) atoms. The van der Waals surface area contributed by atoms with Crippen molar-refractivity contribution in [1.82, 2.24) is 0 Å². The van der Waals surface area contributed by atoms with Gasteiger partial charge in [0, 0.05) is 0 Å². The van der Waals surface area contributed by atoms with Gasteiger partial charge in [0.1, 0.15) is 0 Å². The molecule has 0 spiro atoms. The van der Waals surface area contributed by atoms with Crippen LogP contribution in [0.1, 0.15) is 31.9 Å². The summed E-state index contributed by atoms with van der Waals surface area (Å²) in [6, 6.07) is 8.71. The van der Waals surface area contributed by atoms with E-state index in [2.05, 4.69) is 52.0 Å². The Bertz CT molecular complexity index is 246. The molecule has 2 heteroatoms. The Balaban J connectivity index is 0. The van der Waals surface area contributed by atoms with Gasteiger partial charge in [0.25, 0.3) is 0 Å². The first-order valence-corrected chi connectivity index (χ1v) is 4.49. The van der Waals surface area contributed by atoms with Gasteiger partial charge in [0.2, 0.25) is 0 Å². The van der Waals surface area contributed by atoms with Gasteiger partial charge >= 0.3 is 23.1 Å². The van der Waals surface area contributed by atoms with Gasteiger partial charge in [-0.2, -0.15) is 0 Å². The van der Waals surface area contributed by atoms with Gasteiger partial charge in [-0.3, -0.25) is 0 Å². The molecule has 0 bridgehead atoms. The van der Waals surface area contributed by atoms with Crippen molar-refractivity contribution in [3.63, 3.8) is 0 Å². The molecule has 0 heterocycles. The standard InChI is InChI=1S/C12H17.HI.Mg/c1-5-10-6-8-11(9-7-10)12(2,3)4;;/h6-9H,2,5H2,1,3-4H3;1H;/q-1;;+2/p-1. The van der Waals surface area contributed by atoms with Crippen LogP contribution in [0.25, 0.3) is 0 Å². The Labute approximate surface area is 121 Å². The van der Waals surface area contributed by atoms with Crippen molar-refractivity contribution in [2.24, 2.45) is 0 Å². The monoisotopic (exact) mass is 312 g/mol. The van der Waals surface area contributed by atoms with Gasteiger partial charge in [-0.05, 0) is 12.0 Å². The number of hydrogen-bond donors (Lipinski definition) is 0. The van der Waals surface area contributed by atoms with Gasteiger partial charge < -0.3 is 30.9 Å². The number of benzene rings is 1. The predicted molar refractivity (Wildman–Crippen MR) is 60.0 cm³/mol. The number of rotatable bonds is 2. The van der Waals surface area contributed by atoms with Crippen molar-refractivity contribution < 1.29 is 24.0 Å². The Kier molecular flexibility index (Phi) is 8.64. The molecule has 0 nitrogen and oxygen atoms in total. The molecular formula is C12H17IMg. The summed E-state index contributed by atoms with van der Waals surface area (Å²) in [5.41, 5.74) is 2.73. The van der Waals surface area contributed by atoms with Gasteiger partial charge in [-0.15, -0.1) is 5.41 Å². The largest absolute Gasteiger partial charge is 2.00 e. The van der Waals surface area contributed by atoms with E-state index in [0.29, 0.717) is 0 Å². The minimum absolute atomic E-state index is 0. The van der Waals surface area contributed by atoms with E-state index in [-0.39, 0.29) is 52.4 Å². The molecule has 0 atom stereocenters. The minimum Gasteiger partial charge on any atom is -1.00 e. The summed E-state index contributed by atoms with van der Waals surface area (Å²) >= 11 is 0. The molecule has 0 fully saturated rings. The first kappa shape index (κ1) is 17.1. The normalized spacial score (nSPS) is 10.0. The molecule has 0 amide bonds. The van der Waals surface area contributed by atoms with Crippen LogP contribution in [0.4, 0.5) is 0 Å². The predicted octanol–water partition coefficient (Wildman–Crippen LogP) is -0.0161. The third-order valence-corrected chi connectivity index (χ3v) is 2.14. The molecule has 0 unspecified atom stereocenters. The maximum atomic E-state index is 4.10. The zero-order chi connectivity index (χ0) is 9.19. The first-order valence-electron chi connectivity index (χ1n) is 4.49. The van der Waals surface area contributed by atoms with Crippen LogP contribution in [0.2, 0.25) is 0 Å². The number of aryl methyl sites for hydroxylation is 1. The van der Waals surface area contributed by atoms with Crippen molar-refractivity contribution in [2.75, 3.05) is 0 Å². The Morgan fingerprint density at radius 1 is 1.14 bits per heavy atom. The van der Waals surface area contributed by atoms with E-state index < -0.39 is 0 Å². The van der Waals surface area contributed by atoms with Crippen LogP contribution in [0.15, 0.2) is 24.3 Å². The van der Waals surface area contributed by atoms with Crippen LogP contribution in [0.5, 0.6) is 0 Å². The first-order chi connectivity index (χ1) is 5.54. The fraction of sp³-hybridized carbons (Fsp3) is 0.417. The SMILES string of the molecule is [CH2-]C(C)(C)c1ccc(CC)cc1.[I-].[Mg+2]. The molecule has 1 rings (SSSR count). The summed E-state index contributed by atoms with van der Waals surface area (Å²) in [6.07, 6.45) is 1.11. The summed E-state index contributed by atoms with van der Waals surface area (Å²) in [5.74, 6) is 0. The molecule has 0 saturated heterocycles. The van der Waals surface area contributed by atoms with Crippen LogP contribution < -0.4 is 24.0 Å². The van der Waals surface area contributed by atoms with Gasteiger partial charge in [-0.25, -0.2) is 0 Å². The van der Waals surface area contributed by atoms with Crippen LogP contribution in [0.3, 0.4) is 0 Å². The van der Waals surface area contributed by atoms with E-state index in [1.807, 2.05) is 0 Å². The summed E-state index contributed by atoms with van der Waals surface area (Å²) in [7, 11) is 0. The molecule has 0 radical (unpaired) electrons. The molecule has 0 saturated carbocycles. The molecule has 0 aliphatic rings. The average Bonchev–Trinajstić information content (AvgIpc) is 2.03. The minimum atomic E-state index is 0. The van der Waals surface area contributed by atoms with E-state index >= 15 is 0 Å². The summed E-state index contributed by atoms with van der Waals surface area (Å²) < 4.78 is 0. The average molecular weight is 312 g/mol. The maximum Gasteiger partial charge on any atom is 2.00 e. The zero-order valence-corrected chi connectivity index (χ0v) is 12.9. The van der Waals surface area contributed by atoms with Gasteiger partial charge in [0.15, 0.2) is 0 Å². The molecule has 74 valence electrons. The number of hydrogen-bond acceptors (Lipinski definition) is 0. The van der Waals surface area contributed by atoms with Crippen molar-refractivity contribution in [3.8, 4) is 0 Å². The molecule has 0 aromatic heterocycles. The second-order valence-electron chi connectivity index (χ2n) is 3.93. The topological polar surface area (TPSA) is 0 Å². The van der Waals surface area contributed by atoms with Gasteiger partial charge in [-0.1, -0.05) is 50.6 Å². The van der Waals surface area contributed by atoms with Crippen LogP contribution in [-0.2, 0) is 11.8 Å². The zero-order valence-electron chi connectivity index (χ0n) is 9.31. The smallest absolute Gasteiger partial charge is 1.00 e. The molecule has 0 aliphatic heterocycles. The van der Waals surface area contributed by atoms with E-state index in [0.717, 1.165) is 6.42 Å². The molecule has 0 N–H and O–H groups in total. The van der Waals surface area contributed by atoms with Crippen LogP contribution in [-0.4, -0.2) is 23.1 Å². The second kappa shape index (κ2) is 7.07. The van der Waals surface area contributed by atoms with Crippen molar-refractivity contribution in [3.05, 3.63) is 42.3 Å². The van der Waals surface area contributed by atoms with Crippen molar-refractivity contribution >= 4 is 23.1 Å². The Morgan fingerprint density at radius 2 is 1.57 bits per heavy atom.